The summed E-state index contributed by atoms with van der Waals surface area (Å²) in [5, 5.41) is 0. The lowest BCUT2D eigenvalue weighted by Crippen LogP contribution is -3.07. The first-order valence-electron chi connectivity index (χ1n) is 2.79. The third kappa shape index (κ3) is 1.99. The average Bonchev–Trinajstić information content (AvgIpc) is 1.87. The van der Waals surface area contributed by atoms with Crippen LogP contribution in [0.25, 0.3) is 0 Å². The van der Waals surface area contributed by atoms with Crippen LogP contribution >= 0.6 is 0 Å². The molecule has 0 aliphatic carbocycles. The van der Waals surface area contributed by atoms with E-state index in [1.807, 2.05) is 0 Å². The fourth-order valence-corrected chi connectivity index (χ4v) is 1.00. The van der Waals surface area contributed by atoms with Crippen LogP contribution in [0.3, 0.4) is 0 Å². The first kappa shape index (κ1) is 8.21. The summed E-state index contributed by atoms with van der Waals surface area (Å²) < 4.78 is 0. The smallest absolute Gasteiger partial charge is 0.133 e. The zero-order chi connectivity index (χ0) is 5.28. The SMILES string of the molecule is CN1CC[NH+](C)C1.[Cl-]. The monoisotopic (exact) mass is 136 g/mol. The van der Waals surface area contributed by atoms with Crippen LogP contribution in [-0.4, -0.2) is 38.8 Å². The molecule has 3 heteroatoms. The van der Waals surface area contributed by atoms with E-state index in [0.717, 1.165) is 0 Å². The van der Waals surface area contributed by atoms with Crippen molar-refractivity contribution in [2.75, 3.05) is 33.9 Å². The second-order valence-electron chi connectivity index (χ2n) is 2.44. The summed E-state index contributed by atoms with van der Waals surface area (Å²) >= 11 is 0. The highest BCUT2D eigenvalue weighted by molar-refractivity contribution is 4.45. The molecule has 50 valence electrons. The molecule has 2 nitrogen and oxygen atoms in total. The molecule has 0 saturated carbocycles. The average molecular weight is 137 g/mol. The van der Waals surface area contributed by atoms with Gasteiger partial charge in [0.1, 0.15) is 6.67 Å². The fourth-order valence-electron chi connectivity index (χ4n) is 1.00. The predicted molar refractivity (Wildman–Crippen MR) is 29.3 cm³/mol. The maximum atomic E-state index is 2.34. The lowest BCUT2D eigenvalue weighted by atomic mass is 10.6. The minimum atomic E-state index is 0. The number of nitrogens with one attached hydrogen (secondary N) is 1. The molecule has 0 amide bonds. The Morgan fingerprint density at radius 3 is 2.25 bits per heavy atom. The van der Waals surface area contributed by atoms with Gasteiger partial charge in [-0.1, -0.05) is 0 Å². The fraction of sp³-hybridized carbons (Fsp3) is 1.00. The third-order valence-electron chi connectivity index (χ3n) is 1.46. The first-order chi connectivity index (χ1) is 3.29. The van der Waals surface area contributed by atoms with Crippen molar-refractivity contribution >= 4 is 0 Å². The van der Waals surface area contributed by atoms with Gasteiger partial charge >= 0.3 is 0 Å². The van der Waals surface area contributed by atoms with Crippen LogP contribution in [0.15, 0.2) is 0 Å². The second kappa shape index (κ2) is 3.28. The van der Waals surface area contributed by atoms with E-state index in [4.69, 9.17) is 0 Å². The molecule has 1 saturated heterocycles. The summed E-state index contributed by atoms with van der Waals surface area (Å²) in [6.45, 7) is 3.81. The van der Waals surface area contributed by atoms with Gasteiger partial charge in [0.25, 0.3) is 0 Å². The van der Waals surface area contributed by atoms with Crippen LogP contribution in [0.4, 0.5) is 0 Å². The Labute approximate surface area is 56.9 Å². The van der Waals surface area contributed by atoms with Gasteiger partial charge in [-0.3, -0.25) is 4.90 Å². The molecule has 1 unspecified atom stereocenters. The van der Waals surface area contributed by atoms with E-state index >= 15 is 0 Å². The molecular formula is C5H13ClN2. The van der Waals surface area contributed by atoms with Gasteiger partial charge < -0.3 is 17.3 Å². The molecule has 1 heterocycles. The van der Waals surface area contributed by atoms with Crippen LogP contribution in [0.2, 0.25) is 0 Å². The zero-order valence-corrected chi connectivity index (χ0v) is 6.20. The van der Waals surface area contributed by atoms with Gasteiger partial charge in [-0.25, -0.2) is 0 Å². The number of hydrogen-bond acceptors (Lipinski definition) is 1. The van der Waals surface area contributed by atoms with Crippen LogP contribution in [0, 0.1) is 0 Å². The molecule has 0 aromatic carbocycles. The molecule has 1 aliphatic heterocycles. The molecule has 1 atom stereocenters. The molecule has 1 rings (SSSR count). The Morgan fingerprint density at radius 2 is 2.12 bits per heavy atom. The van der Waals surface area contributed by atoms with E-state index in [1.165, 1.54) is 19.8 Å². The van der Waals surface area contributed by atoms with Gasteiger partial charge in [0.2, 0.25) is 0 Å². The summed E-state index contributed by atoms with van der Waals surface area (Å²) in [6.07, 6.45) is 0. The Hall–Kier alpha value is 0.210. The highest BCUT2D eigenvalue weighted by Crippen LogP contribution is 1.76. The van der Waals surface area contributed by atoms with Crippen molar-refractivity contribution in [3.05, 3.63) is 0 Å². The van der Waals surface area contributed by atoms with Crippen molar-refractivity contribution < 1.29 is 17.3 Å². The lowest BCUT2D eigenvalue weighted by Gasteiger charge is -2.03. The number of rotatable bonds is 0. The number of halogens is 1. The Balaban J connectivity index is 0.000000490. The molecule has 8 heavy (non-hydrogen) atoms. The van der Waals surface area contributed by atoms with Crippen molar-refractivity contribution in [3.63, 3.8) is 0 Å². The lowest BCUT2D eigenvalue weighted by molar-refractivity contribution is -0.870. The Kier molecular flexibility index (Phi) is 3.36. The van der Waals surface area contributed by atoms with E-state index in [9.17, 15) is 0 Å². The Bertz CT molecular complexity index is 59.4. The summed E-state index contributed by atoms with van der Waals surface area (Å²) in [4.78, 5) is 3.97. The van der Waals surface area contributed by atoms with Gasteiger partial charge in [0.05, 0.1) is 20.1 Å². The van der Waals surface area contributed by atoms with Gasteiger partial charge in [-0.15, -0.1) is 0 Å². The molecule has 1 fully saturated rings. The first-order valence-corrected chi connectivity index (χ1v) is 2.79. The van der Waals surface area contributed by atoms with Crippen LogP contribution in [0.1, 0.15) is 0 Å². The maximum absolute atomic E-state index is 2.34. The number of quaternary nitrogens is 1. The summed E-state index contributed by atoms with van der Waals surface area (Å²) in [5.41, 5.74) is 0. The van der Waals surface area contributed by atoms with E-state index < -0.39 is 0 Å². The quantitative estimate of drug-likeness (QED) is 0.352. The molecule has 1 N–H and O–H groups in total. The predicted octanol–water partition coefficient (Wildman–Crippen LogP) is -4.59. The number of hydrogen-bond donors (Lipinski definition) is 1. The van der Waals surface area contributed by atoms with Crippen LogP contribution < -0.4 is 17.3 Å². The molecule has 0 aromatic heterocycles. The molecule has 0 aromatic rings. The number of nitrogens with zero attached hydrogens (tertiary/aromatic N) is 1. The van der Waals surface area contributed by atoms with E-state index in [-0.39, 0.29) is 12.4 Å². The van der Waals surface area contributed by atoms with E-state index in [1.54, 1.807) is 4.90 Å². The summed E-state index contributed by atoms with van der Waals surface area (Å²) in [6, 6.07) is 0. The standard InChI is InChI=1S/C5H12N2.ClH/c1-6-3-4-7(2)5-6;/h3-5H2,1-2H3;1H. The largest absolute Gasteiger partial charge is 1.00 e. The highest BCUT2D eigenvalue weighted by Gasteiger charge is 2.13. The van der Waals surface area contributed by atoms with Gasteiger partial charge in [-0.05, 0) is 7.05 Å². The molecule has 0 spiro atoms. The molecular weight excluding hydrogens is 124 g/mol. The van der Waals surface area contributed by atoms with Crippen molar-refractivity contribution in [2.45, 2.75) is 0 Å². The summed E-state index contributed by atoms with van der Waals surface area (Å²) in [5.74, 6) is 0. The topological polar surface area (TPSA) is 7.68 Å². The third-order valence-corrected chi connectivity index (χ3v) is 1.46. The zero-order valence-electron chi connectivity index (χ0n) is 5.45. The minimum Gasteiger partial charge on any atom is -1.00 e. The molecule has 0 radical (unpaired) electrons. The molecule has 0 bridgehead atoms. The molecule has 1 aliphatic rings. The Morgan fingerprint density at radius 1 is 1.50 bits per heavy atom. The second-order valence-corrected chi connectivity index (χ2v) is 2.44. The number of likely N-dealkylation sites (N-methyl/N-ethyl adjacent to an activating group) is 2. The van der Waals surface area contributed by atoms with E-state index in [2.05, 4.69) is 19.0 Å². The van der Waals surface area contributed by atoms with Crippen molar-refractivity contribution in [1.82, 2.24) is 4.90 Å². The van der Waals surface area contributed by atoms with Gasteiger partial charge in [0.15, 0.2) is 0 Å². The van der Waals surface area contributed by atoms with Crippen LogP contribution in [0.5, 0.6) is 0 Å². The van der Waals surface area contributed by atoms with Crippen LogP contribution in [-0.2, 0) is 0 Å². The van der Waals surface area contributed by atoms with Crippen molar-refractivity contribution in [2.24, 2.45) is 0 Å². The van der Waals surface area contributed by atoms with Gasteiger partial charge in [-0.2, -0.15) is 0 Å². The van der Waals surface area contributed by atoms with Crippen molar-refractivity contribution in [3.8, 4) is 0 Å². The van der Waals surface area contributed by atoms with Gasteiger partial charge in [0, 0.05) is 0 Å². The minimum absolute atomic E-state index is 0. The normalized spacial score (nSPS) is 30.0. The summed E-state index contributed by atoms with van der Waals surface area (Å²) in [7, 11) is 4.39. The highest BCUT2D eigenvalue weighted by atomic mass is 35.5. The van der Waals surface area contributed by atoms with E-state index in [0.29, 0.717) is 0 Å². The maximum Gasteiger partial charge on any atom is 0.133 e. The van der Waals surface area contributed by atoms with Crippen molar-refractivity contribution in [1.29, 1.82) is 0 Å².